The van der Waals surface area contributed by atoms with Crippen LogP contribution in [0.1, 0.15) is 34.1 Å². The van der Waals surface area contributed by atoms with Gasteiger partial charge in [0.15, 0.2) is 0 Å². The molecule has 1 aromatic rings. The Morgan fingerprint density at radius 2 is 2.11 bits per heavy atom. The molecular weight excluding hydrogens is 386 g/mol. The van der Waals surface area contributed by atoms with Crippen molar-refractivity contribution in [3.63, 3.8) is 0 Å². The Morgan fingerprint density at radius 3 is 2.75 bits per heavy atom. The third-order valence-corrected chi connectivity index (χ3v) is 5.92. The SMILES string of the molecule is CC1=C2[C](C=CN1)NC(=O)N(CC(=O)N[C@H](C)c1ncc(C#N)cn1)S2(=O)=O.[HH].[HH]. The van der Waals surface area contributed by atoms with Crippen LogP contribution < -0.4 is 16.0 Å². The van der Waals surface area contributed by atoms with E-state index in [-0.39, 0.29) is 25.2 Å². The van der Waals surface area contributed by atoms with Crippen LogP contribution >= 0.6 is 0 Å². The number of hydrogen-bond acceptors (Lipinski definition) is 8. The van der Waals surface area contributed by atoms with Gasteiger partial charge in [-0.3, -0.25) is 4.79 Å². The van der Waals surface area contributed by atoms with Gasteiger partial charge in [0, 0.05) is 20.9 Å². The topological polar surface area (TPSA) is 157 Å². The number of hydrogen-bond donors (Lipinski definition) is 3. The predicted molar refractivity (Wildman–Crippen MR) is 99.9 cm³/mol. The first-order chi connectivity index (χ1) is 13.2. The van der Waals surface area contributed by atoms with Crippen LogP contribution in [0.15, 0.2) is 35.3 Å². The second-order valence-electron chi connectivity index (χ2n) is 6.02. The molecule has 0 unspecified atom stereocenters. The summed E-state index contributed by atoms with van der Waals surface area (Å²) in [6.45, 7) is 2.44. The summed E-state index contributed by atoms with van der Waals surface area (Å²) in [7, 11) is -4.21. The molecule has 3 amide bonds. The third kappa shape index (κ3) is 3.52. The van der Waals surface area contributed by atoms with Crippen LogP contribution in [0.25, 0.3) is 0 Å². The number of rotatable bonds is 4. The van der Waals surface area contributed by atoms with E-state index in [0.717, 1.165) is 0 Å². The molecule has 0 aliphatic carbocycles. The van der Waals surface area contributed by atoms with E-state index in [1.807, 2.05) is 6.07 Å². The highest BCUT2D eigenvalue weighted by molar-refractivity contribution is 7.93. The van der Waals surface area contributed by atoms with E-state index < -0.39 is 34.5 Å². The molecule has 1 atom stereocenters. The van der Waals surface area contributed by atoms with Crippen molar-refractivity contribution in [2.75, 3.05) is 6.54 Å². The number of fused-ring (bicyclic) bond motifs is 1. The maximum absolute atomic E-state index is 12.8. The molecule has 1 saturated heterocycles. The number of nitrogens with zero attached hydrogens (tertiary/aromatic N) is 4. The van der Waals surface area contributed by atoms with E-state index in [0.29, 0.717) is 10.0 Å². The second kappa shape index (κ2) is 7.28. The van der Waals surface area contributed by atoms with Gasteiger partial charge in [0.2, 0.25) is 5.91 Å². The molecule has 0 spiro atoms. The number of carbonyl (C=O) groups excluding carboxylic acids is 2. The number of nitrogens with one attached hydrogen (secondary N) is 3. The van der Waals surface area contributed by atoms with Crippen LogP contribution in [-0.2, 0) is 14.8 Å². The van der Waals surface area contributed by atoms with Crippen molar-refractivity contribution in [1.82, 2.24) is 30.2 Å². The van der Waals surface area contributed by atoms with Gasteiger partial charge in [0.1, 0.15) is 29.4 Å². The lowest BCUT2D eigenvalue weighted by molar-refractivity contribution is -0.121. The lowest BCUT2D eigenvalue weighted by atomic mass is 10.2. The zero-order valence-corrected chi connectivity index (χ0v) is 15.7. The third-order valence-electron chi connectivity index (χ3n) is 4.00. The molecule has 0 aromatic carbocycles. The molecule has 11 nitrogen and oxygen atoms in total. The van der Waals surface area contributed by atoms with E-state index in [9.17, 15) is 18.0 Å². The minimum absolute atomic E-state index is 0. The Bertz CT molecular complexity index is 1030. The number of nitriles is 1. The van der Waals surface area contributed by atoms with Gasteiger partial charge >= 0.3 is 6.03 Å². The van der Waals surface area contributed by atoms with E-state index >= 15 is 0 Å². The number of dihydropyridines is 1. The van der Waals surface area contributed by atoms with Crippen LogP contribution in [0.5, 0.6) is 0 Å². The summed E-state index contributed by atoms with van der Waals surface area (Å²) in [6.07, 6.45) is 5.55. The number of carbonyl (C=O) groups is 2. The van der Waals surface area contributed by atoms with Gasteiger partial charge in [-0.15, -0.1) is 0 Å². The molecule has 2 aliphatic rings. The van der Waals surface area contributed by atoms with Crippen molar-refractivity contribution in [1.29, 1.82) is 5.26 Å². The van der Waals surface area contributed by atoms with Crippen molar-refractivity contribution in [2.45, 2.75) is 19.9 Å². The Morgan fingerprint density at radius 1 is 1.43 bits per heavy atom. The molecule has 0 bridgehead atoms. The maximum Gasteiger partial charge on any atom is 0.332 e. The van der Waals surface area contributed by atoms with Gasteiger partial charge < -0.3 is 16.0 Å². The van der Waals surface area contributed by atoms with Crippen LogP contribution in [0, 0.1) is 17.4 Å². The number of sulfonamides is 1. The maximum atomic E-state index is 12.8. The van der Waals surface area contributed by atoms with E-state index in [2.05, 4.69) is 25.9 Å². The minimum Gasteiger partial charge on any atom is -0.365 e. The molecule has 0 saturated carbocycles. The molecule has 1 aromatic heterocycles. The summed E-state index contributed by atoms with van der Waals surface area (Å²) in [5.41, 5.74) is 0.603. The minimum atomic E-state index is -4.21. The zero-order chi connectivity index (χ0) is 20.5. The highest BCUT2D eigenvalue weighted by Gasteiger charge is 2.44. The van der Waals surface area contributed by atoms with Crippen molar-refractivity contribution < 1.29 is 20.9 Å². The molecule has 3 rings (SSSR count). The Labute approximate surface area is 164 Å². The Hall–Kier alpha value is -3.46. The first kappa shape index (κ1) is 19.3. The monoisotopic (exact) mass is 406 g/mol. The van der Waals surface area contributed by atoms with Gasteiger partial charge in [0.25, 0.3) is 10.0 Å². The van der Waals surface area contributed by atoms with Gasteiger partial charge in [-0.25, -0.2) is 27.5 Å². The first-order valence-corrected chi connectivity index (χ1v) is 9.54. The lowest BCUT2D eigenvalue weighted by Gasteiger charge is -2.34. The van der Waals surface area contributed by atoms with Gasteiger partial charge in [-0.05, 0) is 26.1 Å². The fourth-order valence-corrected chi connectivity index (χ4v) is 4.29. The van der Waals surface area contributed by atoms with Gasteiger partial charge in [-0.2, -0.15) is 5.26 Å². The molecule has 1 fully saturated rings. The van der Waals surface area contributed by atoms with Crippen molar-refractivity contribution in [2.24, 2.45) is 0 Å². The van der Waals surface area contributed by atoms with E-state index in [1.54, 1.807) is 13.8 Å². The van der Waals surface area contributed by atoms with Crippen LogP contribution in [0.4, 0.5) is 4.79 Å². The summed E-state index contributed by atoms with van der Waals surface area (Å²) in [4.78, 5) is 32.4. The van der Waals surface area contributed by atoms with Crippen molar-refractivity contribution in [3.05, 3.63) is 52.7 Å². The van der Waals surface area contributed by atoms with E-state index in [1.165, 1.54) is 24.7 Å². The molecule has 3 heterocycles. The van der Waals surface area contributed by atoms with Gasteiger partial charge in [-0.1, -0.05) is 0 Å². The number of aromatic nitrogens is 2. The normalized spacial score (nSPS) is 19.2. The lowest BCUT2D eigenvalue weighted by Crippen LogP contribution is -2.55. The summed E-state index contributed by atoms with van der Waals surface area (Å²) in [6, 6.07) is 0.457. The van der Waals surface area contributed by atoms with Crippen molar-refractivity contribution >= 4 is 22.0 Å². The average Bonchev–Trinajstić information content (AvgIpc) is 2.64. The zero-order valence-electron chi connectivity index (χ0n) is 14.9. The van der Waals surface area contributed by atoms with Crippen molar-refractivity contribution in [3.8, 4) is 6.07 Å². The summed E-state index contributed by atoms with van der Waals surface area (Å²) < 4.78 is 26.1. The van der Waals surface area contributed by atoms with Crippen LogP contribution in [0.2, 0.25) is 0 Å². The number of urea groups is 1. The predicted octanol–water partition coefficient (Wildman–Crippen LogP) is 0.253. The Balaban J connectivity index is 0.00000225. The second-order valence-corrected chi connectivity index (χ2v) is 7.82. The fourth-order valence-electron chi connectivity index (χ4n) is 2.68. The molecule has 2 aliphatic heterocycles. The summed E-state index contributed by atoms with van der Waals surface area (Å²) >= 11 is 0. The quantitative estimate of drug-likeness (QED) is 0.642. The highest BCUT2D eigenvalue weighted by Crippen LogP contribution is 2.31. The fraction of sp³-hybridized carbons (Fsp3) is 0.250. The summed E-state index contributed by atoms with van der Waals surface area (Å²) in [5, 5.41) is 16.5. The average molecular weight is 406 g/mol. The van der Waals surface area contributed by atoms with Crippen LogP contribution in [0.3, 0.4) is 0 Å². The van der Waals surface area contributed by atoms with Crippen LogP contribution in [-0.4, -0.2) is 41.2 Å². The summed E-state index contributed by atoms with van der Waals surface area (Å²) in [5.74, 6) is -0.464. The molecule has 28 heavy (non-hydrogen) atoms. The molecule has 3 N–H and O–H groups in total. The van der Waals surface area contributed by atoms with E-state index in [4.69, 9.17) is 5.26 Å². The molecule has 149 valence electrons. The molecule has 1 radical (unpaired) electrons. The van der Waals surface area contributed by atoms with Gasteiger partial charge in [0.05, 0.1) is 11.6 Å². The molecular formula is C16H20N7O4S. The number of allylic oxidation sites excluding steroid dienone is 1. The highest BCUT2D eigenvalue weighted by atomic mass is 32.2. The smallest absolute Gasteiger partial charge is 0.332 e. The Kier molecular flexibility index (Phi) is 5.02. The first-order valence-electron chi connectivity index (χ1n) is 8.10. The standard InChI is InChI=1S/C16H16N7O4S.2H2/c1-9-14-12(3-4-18-9)22-16(25)23(28(14,26)27)8-13(24)21-10(2)15-19-6-11(5-17)7-20-15;;/h3-4,6-7,10,18H,8H2,1-2H3,(H,21,24)(H,22,25);2*1H/t10-;;/m1../s1. The molecule has 12 heteroatoms. The number of amides is 3. The largest absolute Gasteiger partial charge is 0.365 e.